The third-order valence-corrected chi connectivity index (χ3v) is 5.67. The van der Waals surface area contributed by atoms with Gasteiger partial charge in [0.25, 0.3) is 0 Å². The van der Waals surface area contributed by atoms with Gasteiger partial charge in [-0.25, -0.2) is 0 Å². The van der Waals surface area contributed by atoms with Gasteiger partial charge < -0.3 is 15.3 Å². The van der Waals surface area contributed by atoms with Gasteiger partial charge in [-0.3, -0.25) is 9.59 Å². The average Bonchev–Trinajstić information content (AvgIpc) is 2.54. The van der Waals surface area contributed by atoms with Gasteiger partial charge in [0.1, 0.15) is 0 Å². The summed E-state index contributed by atoms with van der Waals surface area (Å²) in [6.07, 6.45) is 5.32. The molecule has 3 atom stereocenters. The Kier molecular flexibility index (Phi) is 5.95. The molecule has 138 valence electrons. The number of piperidine rings is 1. The number of hydrogen-bond donors (Lipinski definition) is 2. The number of aliphatic hydroxyl groups is 1. The van der Waals surface area contributed by atoms with Crippen molar-refractivity contribution in [2.75, 3.05) is 19.6 Å². The van der Waals surface area contributed by atoms with Gasteiger partial charge in [-0.2, -0.15) is 0 Å². The molecule has 1 saturated carbocycles. The summed E-state index contributed by atoms with van der Waals surface area (Å²) < 4.78 is 0. The number of amides is 2. The van der Waals surface area contributed by atoms with Gasteiger partial charge in [0.05, 0.1) is 12.0 Å². The molecule has 0 aromatic heterocycles. The van der Waals surface area contributed by atoms with Gasteiger partial charge in [-0.05, 0) is 25.7 Å². The zero-order chi connectivity index (χ0) is 18.0. The van der Waals surface area contributed by atoms with Crippen LogP contribution >= 0.6 is 0 Å². The van der Waals surface area contributed by atoms with E-state index in [9.17, 15) is 14.7 Å². The van der Waals surface area contributed by atoms with E-state index in [1.807, 2.05) is 25.7 Å². The number of aliphatic hydroxyl groups excluding tert-OH is 1. The SMILES string of the molecule is CC(C)(C)C(=O)N1CCC[C@H](C(=O)NC[C@]2(C)CCCC[C@@H]2O)C1. The van der Waals surface area contributed by atoms with Crippen LogP contribution in [-0.2, 0) is 9.59 Å². The van der Waals surface area contributed by atoms with E-state index in [1.165, 1.54) is 0 Å². The Labute approximate surface area is 146 Å². The zero-order valence-electron chi connectivity index (χ0n) is 15.7. The minimum absolute atomic E-state index is 0.0282. The highest BCUT2D eigenvalue weighted by Crippen LogP contribution is 2.35. The van der Waals surface area contributed by atoms with Crippen molar-refractivity contribution in [1.82, 2.24) is 10.2 Å². The highest BCUT2D eigenvalue weighted by Gasteiger charge is 2.37. The van der Waals surface area contributed by atoms with E-state index in [0.29, 0.717) is 13.1 Å². The average molecular weight is 338 g/mol. The molecule has 0 spiro atoms. The molecule has 0 bridgehead atoms. The summed E-state index contributed by atoms with van der Waals surface area (Å²) in [5.74, 6) is 0.0180. The van der Waals surface area contributed by atoms with Crippen molar-refractivity contribution in [1.29, 1.82) is 0 Å². The first kappa shape index (κ1) is 19.2. The zero-order valence-corrected chi connectivity index (χ0v) is 15.7. The molecule has 0 aromatic carbocycles. The second-order valence-electron chi connectivity index (χ2n) is 8.97. The van der Waals surface area contributed by atoms with Crippen molar-refractivity contribution < 1.29 is 14.7 Å². The molecular formula is C19H34N2O3. The molecule has 5 heteroatoms. The van der Waals surface area contributed by atoms with Crippen LogP contribution in [-0.4, -0.2) is 47.6 Å². The van der Waals surface area contributed by atoms with Crippen molar-refractivity contribution in [3.63, 3.8) is 0 Å². The Bertz CT molecular complexity index is 472. The fourth-order valence-corrected chi connectivity index (χ4v) is 3.87. The van der Waals surface area contributed by atoms with E-state index >= 15 is 0 Å². The van der Waals surface area contributed by atoms with Gasteiger partial charge >= 0.3 is 0 Å². The number of likely N-dealkylation sites (tertiary alicyclic amines) is 1. The van der Waals surface area contributed by atoms with Crippen LogP contribution in [0.3, 0.4) is 0 Å². The van der Waals surface area contributed by atoms with Crippen LogP contribution in [0.4, 0.5) is 0 Å². The van der Waals surface area contributed by atoms with Gasteiger partial charge in [-0.1, -0.05) is 40.5 Å². The highest BCUT2D eigenvalue weighted by molar-refractivity contribution is 5.83. The van der Waals surface area contributed by atoms with Gasteiger partial charge in [0.15, 0.2) is 0 Å². The van der Waals surface area contributed by atoms with Gasteiger partial charge in [-0.15, -0.1) is 0 Å². The lowest BCUT2D eigenvalue weighted by atomic mass is 9.73. The molecule has 2 N–H and O–H groups in total. The largest absolute Gasteiger partial charge is 0.392 e. The number of carbonyl (C=O) groups is 2. The quantitative estimate of drug-likeness (QED) is 0.830. The number of carbonyl (C=O) groups excluding carboxylic acids is 2. The Hall–Kier alpha value is -1.10. The summed E-state index contributed by atoms with van der Waals surface area (Å²) in [5, 5.41) is 13.3. The first-order valence-corrected chi connectivity index (χ1v) is 9.39. The fraction of sp³-hybridized carbons (Fsp3) is 0.895. The molecule has 1 aliphatic heterocycles. The van der Waals surface area contributed by atoms with Crippen LogP contribution in [0.2, 0.25) is 0 Å². The minimum Gasteiger partial charge on any atom is -0.392 e. The third-order valence-electron chi connectivity index (χ3n) is 5.67. The second kappa shape index (κ2) is 7.42. The Morgan fingerprint density at radius 1 is 1.21 bits per heavy atom. The van der Waals surface area contributed by atoms with E-state index in [-0.39, 0.29) is 29.3 Å². The maximum absolute atomic E-state index is 12.6. The first-order chi connectivity index (χ1) is 11.1. The van der Waals surface area contributed by atoms with Crippen LogP contribution in [0, 0.1) is 16.7 Å². The summed E-state index contributed by atoms with van der Waals surface area (Å²) in [5.41, 5.74) is -0.623. The maximum Gasteiger partial charge on any atom is 0.227 e. The Balaban J connectivity index is 1.89. The lowest BCUT2D eigenvalue weighted by Gasteiger charge is -2.39. The first-order valence-electron chi connectivity index (χ1n) is 9.39. The van der Waals surface area contributed by atoms with E-state index in [2.05, 4.69) is 12.2 Å². The van der Waals surface area contributed by atoms with Crippen LogP contribution < -0.4 is 5.32 Å². The summed E-state index contributed by atoms with van der Waals surface area (Å²) in [6, 6.07) is 0. The monoisotopic (exact) mass is 338 g/mol. The summed E-state index contributed by atoms with van der Waals surface area (Å²) in [6.45, 7) is 9.61. The summed E-state index contributed by atoms with van der Waals surface area (Å²) >= 11 is 0. The predicted molar refractivity (Wildman–Crippen MR) is 94.4 cm³/mol. The van der Waals surface area contributed by atoms with E-state index in [1.54, 1.807) is 0 Å². The fourth-order valence-electron chi connectivity index (χ4n) is 3.87. The third kappa shape index (κ3) is 4.50. The lowest BCUT2D eigenvalue weighted by Crippen LogP contribution is -2.51. The Morgan fingerprint density at radius 3 is 2.54 bits per heavy atom. The molecule has 0 unspecified atom stereocenters. The van der Waals surface area contributed by atoms with Crippen molar-refractivity contribution >= 4 is 11.8 Å². The van der Waals surface area contributed by atoms with E-state index in [0.717, 1.165) is 45.1 Å². The van der Waals surface area contributed by atoms with Crippen molar-refractivity contribution in [2.45, 2.75) is 72.3 Å². The number of rotatable bonds is 3. The topological polar surface area (TPSA) is 69.6 Å². The van der Waals surface area contributed by atoms with Crippen molar-refractivity contribution in [3.05, 3.63) is 0 Å². The van der Waals surface area contributed by atoms with Crippen LogP contribution in [0.15, 0.2) is 0 Å². The molecule has 0 aromatic rings. The van der Waals surface area contributed by atoms with Gasteiger partial charge in [0, 0.05) is 30.5 Å². The van der Waals surface area contributed by atoms with E-state index in [4.69, 9.17) is 0 Å². The predicted octanol–water partition coefficient (Wildman–Crippen LogP) is 2.33. The maximum atomic E-state index is 12.6. The highest BCUT2D eigenvalue weighted by atomic mass is 16.3. The molecule has 5 nitrogen and oxygen atoms in total. The van der Waals surface area contributed by atoms with Crippen molar-refractivity contribution in [2.24, 2.45) is 16.7 Å². The molecule has 2 fully saturated rings. The molecule has 2 amide bonds. The van der Waals surface area contributed by atoms with Crippen LogP contribution in [0.25, 0.3) is 0 Å². The molecule has 1 heterocycles. The van der Waals surface area contributed by atoms with Crippen LogP contribution in [0.1, 0.15) is 66.2 Å². The molecule has 24 heavy (non-hydrogen) atoms. The number of nitrogens with zero attached hydrogens (tertiary/aromatic N) is 1. The molecule has 1 aliphatic carbocycles. The van der Waals surface area contributed by atoms with E-state index < -0.39 is 5.41 Å². The standard InChI is InChI=1S/C19H34N2O3/c1-18(2,3)17(24)21-11-7-8-14(12-21)16(23)20-13-19(4)10-6-5-9-15(19)22/h14-15,22H,5-13H2,1-4H3,(H,20,23)/t14-,15-,19-/m0/s1. The Morgan fingerprint density at radius 2 is 1.92 bits per heavy atom. The summed E-state index contributed by atoms with van der Waals surface area (Å²) in [4.78, 5) is 26.9. The van der Waals surface area contributed by atoms with Crippen LogP contribution in [0.5, 0.6) is 0 Å². The minimum atomic E-state index is -0.405. The number of nitrogens with one attached hydrogen (secondary N) is 1. The molecule has 2 aliphatic rings. The smallest absolute Gasteiger partial charge is 0.227 e. The van der Waals surface area contributed by atoms with Crippen molar-refractivity contribution in [3.8, 4) is 0 Å². The number of hydrogen-bond acceptors (Lipinski definition) is 3. The molecular weight excluding hydrogens is 304 g/mol. The van der Waals surface area contributed by atoms with Gasteiger partial charge in [0.2, 0.25) is 11.8 Å². The lowest BCUT2D eigenvalue weighted by molar-refractivity contribution is -0.143. The second-order valence-corrected chi connectivity index (χ2v) is 8.97. The summed E-state index contributed by atoms with van der Waals surface area (Å²) in [7, 11) is 0. The molecule has 0 radical (unpaired) electrons. The molecule has 2 rings (SSSR count). The molecule has 1 saturated heterocycles. The normalized spacial score (nSPS) is 31.6.